The van der Waals surface area contributed by atoms with Crippen molar-refractivity contribution in [2.24, 2.45) is 5.41 Å². The molecule has 2 aromatic carbocycles. The maximum absolute atomic E-state index is 13.7. The molecule has 1 aliphatic rings. The molecule has 1 aliphatic heterocycles. The lowest BCUT2D eigenvalue weighted by Gasteiger charge is -2.38. The number of para-hydroxylation sites is 1. The standard InChI is InChI=1S/C24H28N4O/c1-23(2,3)15-27-21-18-13-9-10-14-19(18)28(24(4,5)6)22(29)17-12-8-7-11-16(17)20(21)25-26-27/h7-14H,15H2,1-6H3. The van der Waals surface area contributed by atoms with Crippen LogP contribution in [0.4, 0.5) is 5.69 Å². The Kier molecular flexibility index (Phi) is 4.37. The summed E-state index contributed by atoms with van der Waals surface area (Å²) in [6, 6.07) is 15.8. The van der Waals surface area contributed by atoms with E-state index in [1.165, 1.54) is 0 Å². The lowest BCUT2D eigenvalue weighted by molar-refractivity contribution is 0.0966. The first-order valence-corrected chi connectivity index (χ1v) is 10.0. The molecule has 1 aromatic heterocycles. The van der Waals surface area contributed by atoms with Crippen LogP contribution in [0.15, 0.2) is 48.5 Å². The molecule has 0 saturated heterocycles. The van der Waals surface area contributed by atoms with Crippen molar-refractivity contribution >= 4 is 11.6 Å². The average Bonchev–Trinajstić information content (AvgIpc) is 3.01. The Morgan fingerprint density at radius 3 is 2.03 bits per heavy atom. The van der Waals surface area contributed by atoms with Crippen LogP contribution in [0.3, 0.4) is 0 Å². The van der Waals surface area contributed by atoms with Gasteiger partial charge in [0, 0.05) is 28.8 Å². The van der Waals surface area contributed by atoms with Crippen LogP contribution < -0.4 is 4.90 Å². The number of anilines is 1. The van der Waals surface area contributed by atoms with E-state index in [9.17, 15) is 4.79 Å². The van der Waals surface area contributed by atoms with Crippen LogP contribution in [-0.2, 0) is 6.54 Å². The van der Waals surface area contributed by atoms with Gasteiger partial charge in [0.2, 0.25) is 0 Å². The lowest BCUT2D eigenvalue weighted by Crippen LogP contribution is -2.46. The van der Waals surface area contributed by atoms with Crippen LogP contribution in [-0.4, -0.2) is 26.4 Å². The molecule has 0 saturated carbocycles. The van der Waals surface area contributed by atoms with Crippen molar-refractivity contribution < 1.29 is 4.79 Å². The maximum Gasteiger partial charge on any atom is 0.259 e. The fourth-order valence-corrected chi connectivity index (χ4v) is 3.96. The topological polar surface area (TPSA) is 51.0 Å². The molecule has 4 rings (SSSR count). The highest BCUT2D eigenvalue weighted by Crippen LogP contribution is 2.43. The minimum Gasteiger partial charge on any atom is -0.302 e. The monoisotopic (exact) mass is 388 g/mol. The number of carbonyl (C=O) groups is 1. The normalized spacial score (nSPS) is 14.0. The predicted molar refractivity (Wildman–Crippen MR) is 117 cm³/mol. The third kappa shape index (κ3) is 3.35. The molecule has 0 atom stereocenters. The predicted octanol–water partition coefficient (Wildman–Crippen LogP) is 5.42. The van der Waals surface area contributed by atoms with Crippen molar-refractivity contribution in [1.82, 2.24) is 15.0 Å². The molecule has 1 amide bonds. The highest BCUT2D eigenvalue weighted by atomic mass is 16.2. The molecular formula is C24H28N4O. The van der Waals surface area contributed by atoms with Gasteiger partial charge in [-0.1, -0.05) is 62.4 Å². The molecule has 3 aromatic rings. The van der Waals surface area contributed by atoms with Crippen molar-refractivity contribution in [3.8, 4) is 22.5 Å². The number of hydrogen-bond acceptors (Lipinski definition) is 3. The number of fused-ring (bicyclic) bond motifs is 5. The van der Waals surface area contributed by atoms with Crippen LogP contribution in [0.2, 0.25) is 0 Å². The highest BCUT2D eigenvalue weighted by Gasteiger charge is 2.36. The van der Waals surface area contributed by atoms with Gasteiger partial charge in [-0.05, 0) is 38.3 Å². The molecule has 5 heteroatoms. The number of benzene rings is 2. The van der Waals surface area contributed by atoms with E-state index in [1.807, 2.05) is 52.0 Å². The Labute approximate surface area is 172 Å². The van der Waals surface area contributed by atoms with Crippen molar-refractivity contribution in [3.05, 3.63) is 54.1 Å². The summed E-state index contributed by atoms with van der Waals surface area (Å²) in [6.07, 6.45) is 0. The van der Waals surface area contributed by atoms with Crippen LogP contribution in [0.5, 0.6) is 0 Å². The van der Waals surface area contributed by atoms with Gasteiger partial charge in [-0.15, -0.1) is 5.10 Å². The van der Waals surface area contributed by atoms with Gasteiger partial charge in [-0.2, -0.15) is 0 Å². The van der Waals surface area contributed by atoms with Gasteiger partial charge in [0.05, 0.1) is 11.4 Å². The molecule has 0 unspecified atom stereocenters. The molecule has 5 nitrogen and oxygen atoms in total. The third-order valence-electron chi connectivity index (χ3n) is 5.05. The maximum atomic E-state index is 13.7. The van der Waals surface area contributed by atoms with E-state index in [-0.39, 0.29) is 16.9 Å². The fraction of sp³-hybridized carbons (Fsp3) is 0.375. The summed E-state index contributed by atoms with van der Waals surface area (Å²) in [5.74, 6) is -0.0171. The van der Waals surface area contributed by atoms with Crippen LogP contribution in [0, 0.1) is 5.41 Å². The second kappa shape index (κ2) is 6.55. The Morgan fingerprint density at radius 1 is 0.828 bits per heavy atom. The largest absolute Gasteiger partial charge is 0.302 e. The number of rotatable bonds is 1. The molecular weight excluding hydrogens is 360 g/mol. The smallest absolute Gasteiger partial charge is 0.259 e. The van der Waals surface area contributed by atoms with E-state index in [0.717, 1.165) is 34.7 Å². The van der Waals surface area contributed by atoms with E-state index < -0.39 is 0 Å². The van der Waals surface area contributed by atoms with Crippen molar-refractivity contribution in [2.45, 2.75) is 53.6 Å². The van der Waals surface area contributed by atoms with Gasteiger partial charge in [-0.25, -0.2) is 4.68 Å². The van der Waals surface area contributed by atoms with Crippen molar-refractivity contribution in [3.63, 3.8) is 0 Å². The van der Waals surface area contributed by atoms with Crippen molar-refractivity contribution in [2.75, 3.05) is 4.90 Å². The molecule has 150 valence electrons. The lowest BCUT2D eigenvalue weighted by atomic mass is 9.91. The zero-order valence-corrected chi connectivity index (χ0v) is 18.0. The number of amides is 1. The number of aromatic nitrogens is 3. The Morgan fingerprint density at radius 2 is 1.41 bits per heavy atom. The summed E-state index contributed by atoms with van der Waals surface area (Å²) in [5.41, 5.74) is 4.73. The number of carbonyl (C=O) groups excluding carboxylic acids is 1. The van der Waals surface area contributed by atoms with E-state index >= 15 is 0 Å². The van der Waals surface area contributed by atoms with Gasteiger partial charge in [0.1, 0.15) is 5.69 Å². The second-order valence-electron chi connectivity index (χ2n) is 9.88. The van der Waals surface area contributed by atoms with E-state index in [2.05, 4.69) is 57.9 Å². The quantitative estimate of drug-likeness (QED) is 0.559. The molecule has 29 heavy (non-hydrogen) atoms. The fourth-order valence-electron chi connectivity index (χ4n) is 3.96. The van der Waals surface area contributed by atoms with Crippen molar-refractivity contribution in [1.29, 1.82) is 0 Å². The van der Waals surface area contributed by atoms with E-state index in [1.54, 1.807) is 0 Å². The molecule has 2 heterocycles. The second-order valence-corrected chi connectivity index (χ2v) is 9.88. The minimum absolute atomic E-state index is 0.0171. The molecule has 0 radical (unpaired) electrons. The summed E-state index contributed by atoms with van der Waals surface area (Å²) >= 11 is 0. The molecule has 0 fully saturated rings. The summed E-state index contributed by atoms with van der Waals surface area (Å²) < 4.78 is 1.99. The van der Waals surface area contributed by atoms with E-state index in [4.69, 9.17) is 0 Å². The first kappa shape index (κ1) is 19.4. The zero-order chi connectivity index (χ0) is 21.0. The highest BCUT2D eigenvalue weighted by molar-refractivity contribution is 6.14. The number of nitrogens with zero attached hydrogens (tertiary/aromatic N) is 4. The van der Waals surface area contributed by atoms with Gasteiger partial charge in [-0.3, -0.25) is 4.79 Å². The Bertz CT molecular complexity index is 1080. The average molecular weight is 389 g/mol. The zero-order valence-electron chi connectivity index (χ0n) is 18.0. The molecule has 0 spiro atoms. The van der Waals surface area contributed by atoms with Gasteiger partial charge >= 0.3 is 0 Å². The van der Waals surface area contributed by atoms with Gasteiger partial charge < -0.3 is 4.90 Å². The molecule has 0 bridgehead atoms. The third-order valence-corrected chi connectivity index (χ3v) is 5.05. The summed E-state index contributed by atoms with van der Waals surface area (Å²) in [4.78, 5) is 15.6. The first-order chi connectivity index (χ1) is 13.6. The van der Waals surface area contributed by atoms with Gasteiger partial charge in [0.25, 0.3) is 5.91 Å². The Hall–Kier alpha value is -2.95. The Balaban J connectivity index is 2.11. The summed E-state index contributed by atoms with van der Waals surface area (Å²) in [5, 5.41) is 9.06. The van der Waals surface area contributed by atoms with Gasteiger partial charge in [0.15, 0.2) is 0 Å². The number of hydrogen-bond donors (Lipinski definition) is 0. The summed E-state index contributed by atoms with van der Waals surface area (Å²) in [7, 11) is 0. The van der Waals surface area contributed by atoms with Crippen LogP contribution >= 0.6 is 0 Å². The molecule has 0 aliphatic carbocycles. The van der Waals surface area contributed by atoms with E-state index in [0.29, 0.717) is 5.56 Å². The molecule has 0 N–H and O–H groups in total. The first-order valence-electron chi connectivity index (χ1n) is 10.0. The minimum atomic E-state index is -0.389. The SMILES string of the molecule is CC(C)(C)Cn1nnc2c1-c1ccccc1N(C(C)(C)C)C(=O)c1ccccc1-2. The van der Waals surface area contributed by atoms with Crippen LogP contribution in [0.25, 0.3) is 22.5 Å². The van der Waals surface area contributed by atoms with Crippen LogP contribution in [0.1, 0.15) is 51.9 Å². The summed E-state index contributed by atoms with van der Waals surface area (Å²) in [6.45, 7) is 13.5.